The van der Waals surface area contributed by atoms with Crippen molar-refractivity contribution in [3.8, 4) is 6.07 Å². The van der Waals surface area contributed by atoms with Crippen molar-refractivity contribution >= 4 is 0 Å². The second-order valence-corrected chi connectivity index (χ2v) is 3.46. The molecule has 0 aliphatic heterocycles. The van der Waals surface area contributed by atoms with Crippen LogP contribution in [0.4, 0.5) is 0 Å². The molecule has 1 N–H and O–H groups in total. The van der Waals surface area contributed by atoms with Crippen molar-refractivity contribution < 1.29 is 5.11 Å². The average molecular weight is 156 g/mol. The fourth-order valence-electron chi connectivity index (χ4n) is 0.980. The zero-order chi connectivity index (χ0) is 8.91. The van der Waals surface area contributed by atoms with E-state index in [1.165, 1.54) is 0 Å². The first-order valence-electron chi connectivity index (χ1n) is 3.73. The molecule has 0 saturated carbocycles. The molecule has 0 atom stereocenters. The molecule has 0 aromatic rings. The third-order valence-electron chi connectivity index (χ3n) is 1.26. The molecule has 0 aliphatic rings. The maximum Gasteiger partial charge on any atom is 0.0718 e. The van der Waals surface area contributed by atoms with Crippen LogP contribution in [0.1, 0.15) is 20.3 Å². The minimum Gasteiger partial charge on any atom is -0.389 e. The SMILES string of the molecule is CN(CCC#N)CC(C)(C)O. The molecule has 0 radical (unpaired) electrons. The number of likely N-dealkylation sites (N-methyl/N-ethyl adjacent to an activating group) is 1. The summed E-state index contributed by atoms with van der Waals surface area (Å²) < 4.78 is 0. The van der Waals surface area contributed by atoms with Gasteiger partial charge in [0, 0.05) is 19.5 Å². The Labute approximate surface area is 68.2 Å². The lowest BCUT2D eigenvalue weighted by Gasteiger charge is -2.24. The Morgan fingerprint density at radius 2 is 2.09 bits per heavy atom. The first kappa shape index (κ1) is 10.4. The number of rotatable bonds is 4. The van der Waals surface area contributed by atoms with Crippen LogP contribution in [-0.2, 0) is 0 Å². The summed E-state index contributed by atoms with van der Waals surface area (Å²) in [7, 11) is 1.90. The zero-order valence-electron chi connectivity index (χ0n) is 7.46. The largest absolute Gasteiger partial charge is 0.389 e. The molecule has 0 aromatic heterocycles. The molecular formula is C8H16N2O. The van der Waals surface area contributed by atoms with Crippen molar-refractivity contribution in [1.29, 1.82) is 5.26 Å². The van der Waals surface area contributed by atoms with Crippen LogP contribution in [0, 0.1) is 11.3 Å². The van der Waals surface area contributed by atoms with Crippen LogP contribution in [0.2, 0.25) is 0 Å². The number of nitriles is 1. The Kier molecular flexibility index (Phi) is 4.09. The Morgan fingerprint density at radius 3 is 2.45 bits per heavy atom. The van der Waals surface area contributed by atoms with E-state index in [1.54, 1.807) is 13.8 Å². The quantitative estimate of drug-likeness (QED) is 0.648. The molecule has 0 aromatic carbocycles. The lowest BCUT2D eigenvalue weighted by Crippen LogP contribution is -2.36. The highest BCUT2D eigenvalue weighted by atomic mass is 16.3. The Morgan fingerprint density at radius 1 is 1.55 bits per heavy atom. The molecule has 64 valence electrons. The van der Waals surface area contributed by atoms with E-state index in [1.807, 2.05) is 11.9 Å². The predicted octanol–water partition coefficient (Wildman–Crippen LogP) is 0.603. The highest BCUT2D eigenvalue weighted by Gasteiger charge is 2.14. The Balaban J connectivity index is 3.54. The van der Waals surface area contributed by atoms with Gasteiger partial charge in [-0.15, -0.1) is 0 Å². The summed E-state index contributed by atoms with van der Waals surface area (Å²) in [6, 6.07) is 2.06. The molecule has 0 heterocycles. The summed E-state index contributed by atoms with van der Waals surface area (Å²) >= 11 is 0. The van der Waals surface area contributed by atoms with Crippen molar-refractivity contribution in [1.82, 2.24) is 4.90 Å². The van der Waals surface area contributed by atoms with Crippen LogP contribution in [0.3, 0.4) is 0 Å². The van der Waals surface area contributed by atoms with Crippen molar-refractivity contribution in [2.75, 3.05) is 20.1 Å². The fraction of sp³-hybridized carbons (Fsp3) is 0.875. The van der Waals surface area contributed by atoms with Crippen LogP contribution in [0.5, 0.6) is 0 Å². The highest BCUT2D eigenvalue weighted by Crippen LogP contribution is 2.02. The van der Waals surface area contributed by atoms with Crippen molar-refractivity contribution in [3.05, 3.63) is 0 Å². The van der Waals surface area contributed by atoms with Crippen LogP contribution in [0.15, 0.2) is 0 Å². The molecule has 11 heavy (non-hydrogen) atoms. The summed E-state index contributed by atoms with van der Waals surface area (Å²) in [4.78, 5) is 1.95. The Bertz CT molecular complexity index is 143. The van der Waals surface area contributed by atoms with Gasteiger partial charge in [0.1, 0.15) is 0 Å². The van der Waals surface area contributed by atoms with Gasteiger partial charge in [0.2, 0.25) is 0 Å². The second kappa shape index (κ2) is 4.32. The number of hydrogen-bond donors (Lipinski definition) is 1. The van der Waals surface area contributed by atoms with E-state index in [4.69, 9.17) is 5.26 Å². The first-order chi connectivity index (χ1) is 4.95. The monoisotopic (exact) mass is 156 g/mol. The summed E-state index contributed by atoms with van der Waals surface area (Å²) in [6.07, 6.45) is 0.520. The van der Waals surface area contributed by atoms with E-state index in [9.17, 15) is 5.11 Å². The van der Waals surface area contributed by atoms with Gasteiger partial charge in [-0.05, 0) is 20.9 Å². The van der Waals surface area contributed by atoms with Crippen molar-refractivity contribution in [3.63, 3.8) is 0 Å². The lowest BCUT2D eigenvalue weighted by molar-refractivity contribution is 0.0452. The zero-order valence-corrected chi connectivity index (χ0v) is 7.46. The third-order valence-corrected chi connectivity index (χ3v) is 1.26. The van der Waals surface area contributed by atoms with E-state index in [0.29, 0.717) is 13.0 Å². The normalized spacial score (nSPS) is 11.6. The maximum atomic E-state index is 9.36. The molecule has 3 heteroatoms. The lowest BCUT2D eigenvalue weighted by atomic mass is 10.1. The maximum absolute atomic E-state index is 9.36. The van der Waals surface area contributed by atoms with Crippen molar-refractivity contribution in [2.45, 2.75) is 25.9 Å². The van der Waals surface area contributed by atoms with Gasteiger partial charge in [-0.2, -0.15) is 5.26 Å². The topological polar surface area (TPSA) is 47.3 Å². The van der Waals surface area contributed by atoms with E-state index >= 15 is 0 Å². The average Bonchev–Trinajstić information content (AvgIpc) is 1.79. The minimum absolute atomic E-state index is 0.520. The molecule has 0 aliphatic carbocycles. The van der Waals surface area contributed by atoms with Crippen molar-refractivity contribution in [2.24, 2.45) is 0 Å². The summed E-state index contributed by atoms with van der Waals surface area (Å²) in [5, 5.41) is 17.6. The summed E-state index contributed by atoms with van der Waals surface area (Å²) in [5.41, 5.74) is -0.662. The van der Waals surface area contributed by atoms with Gasteiger partial charge in [-0.1, -0.05) is 0 Å². The van der Waals surface area contributed by atoms with Crippen LogP contribution >= 0.6 is 0 Å². The van der Waals surface area contributed by atoms with Crippen LogP contribution in [0.25, 0.3) is 0 Å². The smallest absolute Gasteiger partial charge is 0.0718 e. The highest BCUT2D eigenvalue weighted by molar-refractivity contribution is 4.74. The number of aliphatic hydroxyl groups is 1. The molecule has 3 nitrogen and oxygen atoms in total. The van der Waals surface area contributed by atoms with E-state index in [-0.39, 0.29) is 0 Å². The summed E-state index contributed by atoms with van der Waals surface area (Å²) in [5.74, 6) is 0. The molecule has 0 unspecified atom stereocenters. The molecule has 0 bridgehead atoms. The summed E-state index contributed by atoms with van der Waals surface area (Å²) in [6.45, 7) is 4.85. The van der Waals surface area contributed by atoms with Gasteiger partial charge in [-0.25, -0.2) is 0 Å². The molecule has 0 saturated heterocycles. The molecule has 0 spiro atoms. The Hall–Kier alpha value is -0.590. The second-order valence-electron chi connectivity index (χ2n) is 3.46. The van der Waals surface area contributed by atoms with Gasteiger partial charge in [0.25, 0.3) is 0 Å². The van der Waals surface area contributed by atoms with Gasteiger partial charge in [0.05, 0.1) is 11.7 Å². The van der Waals surface area contributed by atoms with E-state index in [2.05, 4.69) is 6.07 Å². The third kappa shape index (κ3) is 7.31. The van der Waals surface area contributed by atoms with Crippen LogP contribution < -0.4 is 0 Å². The molecular weight excluding hydrogens is 140 g/mol. The predicted molar refractivity (Wildman–Crippen MR) is 44.0 cm³/mol. The molecule has 0 rings (SSSR count). The van der Waals surface area contributed by atoms with Gasteiger partial charge >= 0.3 is 0 Å². The number of nitrogens with zero attached hydrogens (tertiary/aromatic N) is 2. The minimum atomic E-state index is -0.662. The van der Waals surface area contributed by atoms with Gasteiger partial charge in [-0.3, -0.25) is 0 Å². The molecule has 0 amide bonds. The fourth-order valence-corrected chi connectivity index (χ4v) is 0.980. The standard InChI is InChI=1S/C8H16N2O/c1-8(2,11)7-10(3)6-4-5-9/h11H,4,6-7H2,1-3H3. The molecule has 0 fully saturated rings. The van der Waals surface area contributed by atoms with E-state index < -0.39 is 5.60 Å². The van der Waals surface area contributed by atoms with Crippen LogP contribution in [-0.4, -0.2) is 35.7 Å². The first-order valence-corrected chi connectivity index (χ1v) is 3.73. The van der Waals surface area contributed by atoms with Gasteiger partial charge < -0.3 is 10.0 Å². The number of hydrogen-bond acceptors (Lipinski definition) is 3. The van der Waals surface area contributed by atoms with E-state index in [0.717, 1.165) is 6.54 Å². The van der Waals surface area contributed by atoms with Gasteiger partial charge in [0.15, 0.2) is 0 Å².